The number of amides is 1. The molecule has 1 amide bonds. The summed E-state index contributed by atoms with van der Waals surface area (Å²) in [6.07, 6.45) is 74.4. The lowest BCUT2D eigenvalue weighted by atomic mass is 10.0. The highest BCUT2D eigenvalue weighted by atomic mass is 16.5. The zero-order valence-electron chi connectivity index (χ0n) is 47.0. The molecule has 0 saturated heterocycles. The van der Waals surface area contributed by atoms with Gasteiger partial charge in [0, 0.05) is 12.8 Å². The molecule has 0 bridgehead atoms. The van der Waals surface area contributed by atoms with Crippen LogP contribution in [0.4, 0.5) is 0 Å². The van der Waals surface area contributed by atoms with Gasteiger partial charge in [-0.05, 0) is 77.0 Å². The standard InChI is InChI=1S/C64H121NO5/c1-3-5-7-9-11-13-15-16-17-18-24-27-30-33-37-40-44-48-52-56-62(67)61(60-66)65-63(68)57-53-49-45-41-38-34-31-28-25-22-20-19-21-23-26-29-32-35-39-43-47-51-55-59-70-64(69)58-54-50-46-42-36-14-12-10-8-6-4-2/h10,12,19,21-22,25,61-62,66-67H,3-9,11,13-18,20,23-24,26-60H2,1-2H3,(H,65,68)/b12-10-,21-19-,25-22-. The number of aliphatic hydroxyl groups excluding tert-OH is 2. The predicted molar refractivity (Wildman–Crippen MR) is 306 cm³/mol. The Morgan fingerprint density at radius 2 is 0.729 bits per heavy atom. The second-order valence-corrected chi connectivity index (χ2v) is 21.4. The van der Waals surface area contributed by atoms with Crippen molar-refractivity contribution in [1.82, 2.24) is 5.32 Å². The van der Waals surface area contributed by atoms with Crippen molar-refractivity contribution in [2.45, 2.75) is 347 Å². The number of carbonyl (C=O) groups excluding carboxylic acids is 2. The van der Waals surface area contributed by atoms with Gasteiger partial charge >= 0.3 is 5.97 Å². The fourth-order valence-corrected chi connectivity index (χ4v) is 9.59. The van der Waals surface area contributed by atoms with Gasteiger partial charge in [-0.25, -0.2) is 0 Å². The average Bonchev–Trinajstić information content (AvgIpc) is 3.36. The van der Waals surface area contributed by atoms with Gasteiger partial charge in [0.1, 0.15) is 0 Å². The van der Waals surface area contributed by atoms with Crippen LogP contribution >= 0.6 is 0 Å². The summed E-state index contributed by atoms with van der Waals surface area (Å²) in [5.41, 5.74) is 0. The Morgan fingerprint density at radius 3 is 1.14 bits per heavy atom. The summed E-state index contributed by atoms with van der Waals surface area (Å²) in [7, 11) is 0. The minimum atomic E-state index is -0.672. The van der Waals surface area contributed by atoms with Gasteiger partial charge in [-0.3, -0.25) is 9.59 Å². The topological polar surface area (TPSA) is 95.9 Å². The molecule has 6 heteroatoms. The van der Waals surface area contributed by atoms with E-state index in [9.17, 15) is 19.8 Å². The minimum Gasteiger partial charge on any atom is -0.466 e. The Morgan fingerprint density at radius 1 is 0.400 bits per heavy atom. The summed E-state index contributed by atoms with van der Waals surface area (Å²) < 4.78 is 5.45. The Labute approximate surface area is 436 Å². The number of aliphatic hydroxyl groups is 2. The maximum Gasteiger partial charge on any atom is 0.305 e. The maximum absolute atomic E-state index is 12.5. The summed E-state index contributed by atoms with van der Waals surface area (Å²) in [4.78, 5) is 24.5. The number of hydrogen-bond donors (Lipinski definition) is 3. The first kappa shape index (κ1) is 68.1. The highest BCUT2D eigenvalue weighted by Crippen LogP contribution is 2.17. The van der Waals surface area contributed by atoms with E-state index in [0.717, 1.165) is 57.8 Å². The zero-order chi connectivity index (χ0) is 50.7. The third kappa shape index (κ3) is 55.4. The minimum absolute atomic E-state index is 0.00398. The average molecular weight is 985 g/mol. The third-order valence-electron chi connectivity index (χ3n) is 14.4. The van der Waals surface area contributed by atoms with Crippen LogP contribution in [-0.2, 0) is 14.3 Å². The second kappa shape index (κ2) is 59.6. The number of carbonyl (C=O) groups is 2. The summed E-state index contributed by atoms with van der Waals surface area (Å²) in [5, 5.41) is 23.3. The molecule has 412 valence electrons. The van der Waals surface area contributed by atoms with Gasteiger partial charge in [0.2, 0.25) is 5.91 Å². The summed E-state index contributed by atoms with van der Waals surface area (Å²) >= 11 is 0. The summed E-state index contributed by atoms with van der Waals surface area (Å²) in [6.45, 7) is 4.92. The fourth-order valence-electron chi connectivity index (χ4n) is 9.59. The fraction of sp³-hybridized carbons (Fsp3) is 0.875. The number of unbranched alkanes of at least 4 members (excludes halogenated alkanes) is 41. The highest BCUT2D eigenvalue weighted by Gasteiger charge is 2.20. The van der Waals surface area contributed by atoms with Crippen LogP contribution in [0.1, 0.15) is 335 Å². The van der Waals surface area contributed by atoms with Gasteiger partial charge in [-0.1, -0.05) is 281 Å². The van der Waals surface area contributed by atoms with Crippen molar-refractivity contribution in [1.29, 1.82) is 0 Å². The van der Waals surface area contributed by atoms with E-state index < -0.39 is 12.1 Å². The van der Waals surface area contributed by atoms with Gasteiger partial charge in [0.15, 0.2) is 0 Å². The van der Waals surface area contributed by atoms with Crippen molar-refractivity contribution >= 4 is 11.9 Å². The quantitative estimate of drug-likeness (QED) is 0.0321. The molecule has 2 atom stereocenters. The van der Waals surface area contributed by atoms with Crippen LogP contribution in [0.3, 0.4) is 0 Å². The molecule has 6 nitrogen and oxygen atoms in total. The van der Waals surface area contributed by atoms with Crippen LogP contribution in [-0.4, -0.2) is 47.4 Å². The normalized spacial score (nSPS) is 12.8. The maximum atomic E-state index is 12.5. The predicted octanol–water partition coefficient (Wildman–Crippen LogP) is 19.6. The molecule has 0 heterocycles. The molecular weight excluding hydrogens is 863 g/mol. The summed E-state index contributed by atoms with van der Waals surface area (Å²) in [6, 6.07) is -0.550. The highest BCUT2D eigenvalue weighted by molar-refractivity contribution is 5.76. The van der Waals surface area contributed by atoms with Gasteiger partial charge < -0.3 is 20.3 Å². The van der Waals surface area contributed by atoms with Crippen LogP contribution < -0.4 is 5.32 Å². The molecule has 3 N–H and O–H groups in total. The van der Waals surface area contributed by atoms with Crippen LogP contribution in [0, 0.1) is 0 Å². The Kier molecular flexibility index (Phi) is 58.0. The van der Waals surface area contributed by atoms with E-state index in [0.29, 0.717) is 25.9 Å². The summed E-state index contributed by atoms with van der Waals surface area (Å²) in [5.74, 6) is -0.0471. The van der Waals surface area contributed by atoms with E-state index in [1.54, 1.807) is 0 Å². The number of ether oxygens (including phenoxy) is 1. The van der Waals surface area contributed by atoms with Gasteiger partial charge in [0.05, 0.1) is 25.4 Å². The van der Waals surface area contributed by atoms with Crippen molar-refractivity contribution in [2.75, 3.05) is 13.2 Å². The molecule has 70 heavy (non-hydrogen) atoms. The monoisotopic (exact) mass is 984 g/mol. The molecule has 0 aromatic rings. The zero-order valence-corrected chi connectivity index (χ0v) is 47.0. The first-order valence-electron chi connectivity index (χ1n) is 31.2. The van der Waals surface area contributed by atoms with E-state index in [1.807, 2.05) is 0 Å². The Hall–Kier alpha value is -1.92. The molecular formula is C64H121NO5. The van der Waals surface area contributed by atoms with E-state index >= 15 is 0 Å². The number of nitrogens with one attached hydrogen (secondary N) is 1. The van der Waals surface area contributed by atoms with E-state index in [4.69, 9.17) is 4.74 Å². The lowest BCUT2D eigenvalue weighted by Crippen LogP contribution is -2.45. The molecule has 0 aromatic carbocycles. The molecule has 0 aliphatic carbocycles. The van der Waals surface area contributed by atoms with Crippen molar-refractivity contribution < 1.29 is 24.5 Å². The third-order valence-corrected chi connectivity index (χ3v) is 14.4. The largest absolute Gasteiger partial charge is 0.466 e. The van der Waals surface area contributed by atoms with Crippen LogP contribution in [0.15, 0.2) is 36.5 Å². The SMILES string of the molecule is CCCC/C=C\CCCCCCCC(=O)OCCCCCCCCCCC/C=C\C/C=C\CCCCCCCCCC(=O)NC(CO)C(O)CCCCCCCCCCCCCCCCCCCCC. The van der Waals surface area contributed by atoms with Crippen LogP contribution in [0.5, 0.6) is 0 Å². The molecule has 0 aromatic heterocycles. The van der Waals surface area contributed by atoms with Gasteiger partial charge in [0.25, 0.3) is 0 Å². The van der Waals surface area contributed by atoms with Crippen molar-refractivity contribution in [3.8, 4) is 0 Å². The smallest absolute Gasteiger partial charge is 0.305 e. The van der Waals surface area contributed by atoms with Crippen LogP contribution in [0.2, 0.25) is 0 Å². The van der Waals surface area contributed by atoms with Crippen molar-refractivity contribution in [2.24, 2.45) is 0 Å². The van der Waals surface area contributed by atoms with Crippen molar-refractivity contribution in [3.05, 3.63) is 36.5 Å². The molecule has 0 aliphatic heterocycles. The number of allylic oxidation sites excluding steroid dienone is 6. The first-order valence-corrected chi connectivity index (χ1v) is 31.2. The van der Waals surface area contributed by atoms with E-state index in [2.05, 4.69) is 55.6 Å². The Bertz CT molecular complexity index is 1130. The molecule has 0 rings (SSSR count). The van der Waals surface area contributed by atoms with Gasteiger partial charge in [-0.2, -0.15) is 0 Å². The lowest BCUT2D eigenvalue weighted by molar-refractivity contribution is -0.143. The van der Waals surface area contributed by atoms with E-state index in [1.165, 1.54) is 244 Å². The van der Waals surface area contributed by atoms with Crippen LogP contribution in [0.25, 0.3) is 0 Å². The van der Waals surface area contributed by atoms with Crippen molar-refractivity contribution in [3.63, 3.8) is 0 Å². The lowest BCUT2D eigenvalue weighted by Gasteiger charge is -2.22. The molecule has 2 unspecified atom stereocenters. The molecule has 0 spiro atoms. The van der Waals surface area contributed by atoms with Gasteiger partial charge in [-0.15, -0.1) is 0 Å². The Balaban J connectivity index is 3.46. The number of rotatable bonds is 58. The molecule has 0 radical (unpaired) electrons. The second-order valence-electron chi connectivity index (χ2n) is 21.4. The molecule has 0 fully saturated rings. The number of esters is 1. The van der Waals surface area contributed by atoms with E-state index in [-0.39, 0.29) is 18.5 Å². The molecule has 0 saturated carbocycles. The number of hydrogen-bond acceptors (Lipinski definition) is 5. The molecule has 0 aliphatic rings. The first-order chi connectivity index (χ1) is 34.5.